The average molecular weight is 314 g/mol. The van der Waals surface area contributed by atoms with Gasteiger partial charge in [0.2, 0.25) is 5.91 Å². The summed E-state index contributed by atoms with van der Waals surface area (Å²) in [5.74, 6) is 1.54. The molecule has 1 amide bonds. The minimum atomic E-state index is -0.100. The van der Waals surface area contributed by atoms with Gasteiger partial charge in [0.15, 0.2) is 5.82 Å². The first-order valence-corrected chi connectivity index (χ1v) is 7.97. The second kappa shape index (κ2) is 6.50. The van der Waals surface area contributed by atoms with Crippen LogP contribution in [0.15, 0.2) is 30.3 Å². The van der Waals surface area contributed by atoms with E-state index >= 15 is 0 Å². The molecule has 6 nitrogen and oxygen atoms in total. The van der Waals surface area contributed by atoms with Crippen LogP contribution in [0.1, 0.15) is 32.6 Å². The first-order chi connectivity index (χ1) is 11.1. The quantitative estimate of drug-likeness (QED) is 0.868. The molecule has 6 heteroatoms. The van der Waals surface area contributed by atoms with Gasteiger partial charge in [-0.15, -0.1) is 0 Å². The first kappa shape index (κ1) is 15.7. The van der Waals surface area contributed by atoms with Crippen molar-refractivity contribution >= 4 is 5.91 Å². The summed E-state index contributed by atoms with van der Waals surface area (Å²) in [6.07, 6.45) is 0.0485. The average Bonchev–Trinajstić information content (AvgIpc) is 2.99. The lowest BCUT2D eigenvalue weighted by molar-refractivity contribution is -0.141. The molecule has 0 spiro atoms. The summed E-state index contributed by atoms with van der Waals surface area (Å²) >= 11 is 0. The smallest absolute Gasteiger partial charge is 0.249 e. The number of carbonyl (C=O) groups excluding carboxylic acids is 1. The maximum Gasteiger partial charge on any atom is 0.249 e. The third-order valence-corrected chi connectivity index (χ3v) is 3.99. The predicted octanol–water partition coefficient (Wildman–Crippen LogP) is 2.27. The van der Waals surface area contributed by atoms with E-state index in [9.17, 15) is 4.79 Å². The number of hydrogen-bond acceptors (Lipinski definition) is 4. The van der Waals surface area contributed by atoms with E-state index in [0.717, 1.165) is 11.4 Å². The number of amides is 1. The fourth-order valence-corrected chi connectivity index (χ4v) is 2.73. The summed E-state index contributed by atoms with van der Waals surface area (Å²) in [7, 11) is 0. The van der Waals surface area contributed by atoms with Gasteiger partial charge in [-0.2, -0.15) is 5.10 Å². The molecule has 0 bridgehead atoms. The predicted molar refractivity (Wildman–Crippen MR) is 86.7 cm³/mol. The summed E-state index contributed by atoms with van der Waals surface area (Å²) in [5, 5.41) is 4.58. The highest BCUT2D eigenvalue weighted by Crippen LogP contribution is 2.26. The number of benzene rings is 1. The molecular formula is C17H22N4O2. The van der Waals surface area contributed by atoms with Crippen molar-refractivity contribution in [2.24, 2.45) is 0 Å². The third-order valence-electron chi connectivity index (χ3n) is 3.99. The fourth-order valence-electron chi connectivity index (χ4n) is 2.73. The van der Waals surface area contributed by atoms with Crippen molar-refractivity contribution in [2.75, 3.05) is 13.2 Å². The number of hydrogen-bond donors (Lipinski definition) is 0. The van der Waals surface area contributed by atoms with E-state index in [4.69, 9.17) is 4.74 Å². The lowest BCUT2D eigenvalue weighted by Gasteiger charge is -2.33. The van der Waals surface area contributed by atoms with Gasteiger partial charge in [0.05, 0.1) is 18.7 Å². The van der Waals surface area contributed by atoms with Crippen LogP contribution in [-0.4, -0.2) is 44.8 Å². The van der Waals surface area contributed by atoms with Crippen LogP contribution in [0.25, 0.3) is 11.4 Å². The Morgan fingerprint density at radius 1 is 1.30 bits per heavy atom. The molecule has 0 saturated carbocycles. The van der Waals surface area contributed by atoms with Crippen molar-refractivity contribution in [3.63, 3.8) is 0 Å². The van der Waals surface area contributed by atoms with E-state index in [0.29, 0.717) is 18.9 Å². The maximum absolute atomic E-state index is 12.3. The number of carbonyl (C=O) groups is 1. The van der Waals surface area contributed by atoms with Gasteiger partial charge in [0, 0.05) is 12.1 Å². The Morgan fingerprint density at radius 3 is 2.74 bits per heavy atom. The van der Waals surface area contributed by atoms with Gasteiger partial charge >= 0.3 is 0 Å². The van der Waals surface area contributed by atoms with Gasteiger partial charge in [-0.1, -0.05) is 30.3 Å². The van der Waals surface area contributed by atoms with E-state index in [2.05, 4.69) is 10.1 Å². The number of rotatable bonds is 4. The van der Waals surface area contributed by atoms with Crippen LogP contribution in [0.4, 0.5) is 0 Å². The van der Waals surface area contributed by atoms with E-state index in [-0.39, 0.29) is 24.7 Å². The molecule has 1 aliphatic rings. The van der Waals surface area contributed by atoms with Gasteiger partial charge in [-0.25, -0.2) is 9.67 Å². The highest BCUT2D eigenvalue weighted by molar-refractivity contribution is 5.78. The monoisotopic (exact) mass is 314 g/mol. The highest BCUT2D eigenvalue weighted by atomic mass is 16.5. The molecule has 0 radical (unpaired) electrons. The standard InChI is InChI=1S/C17H22N4O2/c1-12(2)23-11-15(22)20-9-10-21-17(13(20)3)18-16(19-21)14-7-5-4-6-8-14/h4-8,12-13H,9-11H2,1-3H3/t13-/m0/s1. The Balaban J connectivity index is 1.79. The molecule has 0 saturated heterocycles. The normalized spacial score (nSPS) is 17.4. The molecule has 1 aromatic carbocycles. The summed E-state index contributed by atoms with van der Waals surface area (Å²) < 4.78 is 7.34. The Kier molecular flexibility index (Phi) is 4.43. The van der Waals surface area contributed by atoms with Crippen molar-refractivity contribution in [3.05, 3.63) is 36.2 Å². The van der Waals surface area contributed by atoms with Crippen molar-refractivity contribution in [3.8, 4) is 11.4 Å². The van der Waals surface area contributed by atoms with Crippen LogP contribution in [0.3, 0.4) is 0 Å². The zero-order valence-electron chi connectivity index (χ0n) is 13.8. The zero-order valence-corrected chi connectivity index (χ0v) is 13.8. The molecule has 23 heavy (non-hydrogen) atoms. The lowest BCUT2D eigenvalue weighted by Crippen LogP contribution is -2.43. The van der Waals surface area contributed by atoms with Gasteiger partial charge < -0.3 is 9.64 Å². The van der Waals surface area contributed by atoms with Gasteiger partial charge in [-0.3, -0.25) is 4.79 Å². The van der Waals surface area contributed by atoms with Crippen LogP contribution in [0, 0.1) is 0 Å². The molecule has 0 N–H and O–H groups in total. The molecule has 1 aliphatic heterocycles. The number of fused-ring (bicyclic) bond motifs is 1. The highest BCUT2D eigenvalue weighted by Gasteiger charge is 2.30. The van der Waals surface area contributed by atoms with Crippen LogP contribution in [-0.2, 0) is 16.1 Å². The molecule has 1 atom stereocenters. The van der Waals surface area contributed by atoms with Crippen LogP contribution in [0.2, 0.25) is 0 Å². The maximum atomic E-state index is 12.3. The molecule has 2 heterocycles. The molecule has 2 aromatic rings. The first-order valence-electron chi connectivity index (χ1n) is 7.97. The summed E-state index contributed by atoms with van der Waals surface area (Å²) in [5.41, 5.74) is 0.989. The van der Waals surface area contributed by atoms with E-state index in [1.165, 1.54) is 0 Å². The molecule has 0 fully saturated rings. The van der Waals surface area contributed by atoms with Crippen molar-refractivity contribution in [1.82, 2.24) is 19.7 Å². The van der Waals surface area contributed by atoms with Crippen molar-refractivity contribution < 1.29 is 9.53 Å². The third kappa shape index (κ3) is 3.27. The van der Waals surface area contributed by atoms with Crippen LogP contribution >= 0.6 is 0 Å². The zero-order chi connectivity index (χ0) is 16.4. The minimum absolute atomic E-state index is 0.00158. The van der Waals surface area contributed by atoms with Gasteiger partial charge in [-0.05, 0) is 20.8 Å². The van der Waals surface area contributed by atoms with Crippen LogP contribution in [0.5, 0.6) is 0 Å². The molecule has 122 valence electrons. The molecular weight excluding hydrogens is 292 g/mol. The molecule has 0 unspecified atom stereocenters. The summed E-state index contributed by atoms with van der Waals surface area (Å²) in [6, 6.07) is 9.79. The molecule has 1 aromatic heterocycles. The van der Waals surface area contributed by atoms with Gasteiger partial charge in [0.1, 0.15) is 12.4 Å². The second-order valence-corrected chi connectivity index (χ2v) is 6.01. The van der Waals surface area contributed by atoms with Crippen molar-refractivity contribution in [2.45, 2.75) is 39.5 Å². The molecule has 0 aliphatic carbocycles. The Hall–Kier alpha value is -2.21. The lowest BCUT2D eigenvalue weighted by atomic mass is 10.2. The largest absolute Gasteiger partial charge is 0.369 e. The minimum Gasteiger partial charge on any atom is -0.369 e. The Morgan fingerprint density at radius 2 is 2.04 bits per heavy atom. The number of aromatic nitrogens is 3. The summed E-state index contributed by atoms with van der Waals surface area (Å²) in [6.45, 7) is 7.24. The van der Waals surface area contributed by atoms with E-state index in [1.54, 1.807) is 0 Å². The number of ether oxygens (including phenoxy) is 1. The van der Waals surface area contributed by atoms with Gasteiger partial charge in [0.25, 0.3) is 0 Å². The molecule has 3 rings (SSSR count). The fraction of sp³-hybridized carbons (Fsp3) is 0.471. The SMILES string of the molecule is CC(C)OCC(=O)N1CCn2nc(-c3ccccc3)nc2[C@@H]1C. The number of nitrogens with zero attached hydrogens (tertiary/aromatic N) is 4. The van der Waals surface area contributed by atoms with Crippen molar-refractivity contribution in [1.29, 1.82) is 0 Å². The van der Waals surface area contributed by atoms with E-state index in [1.807, 2.05) is 60.7 Å². The van der Waals surface area contributed by atoms with Crippen LogP contribution < -0.4 is 0 Å². The van der Waals surface area contributed by atoms with E-state index < -0.39 is 0 Å². The second-order valence-electron chi connectivity index (χ2n) is 6.01. The summed E-state index contributed by atoms with van der Waals surface area (Å²) in [4.78, 5) is 18.8. The Labute approximate surface area is 136 Å². The topological polar surface area (TPSA) is 60.2 Å². The Bertz CT molecular complexity index is 681.